The lowest BCUT2D eigenvalue weighted by molar-refractivity contribution is -0.137. The molecule has 0 spiro atoms. The lowest BCUT2D eigenvalue weighted by atomic mass is 10.2. The summed E-state index contributed by atoms with van der Waals surface area (Å²) in [5.41, 5.74) is -0.368. The van der Waals surface area contributed by atoms with Crippen LogP contribution in [-0.2, 0) is 18.5 Å². The van der Waals surface area contributed by atoms with Gasteiger partial charge in [0.2, 0.25) is 0 Å². The summed E-state index contributed by atoms with van der Waals surface area (Å²) in [6.07, 6.45) is -3.15. The van der Waals surface area contributed by atoms with Crippen molar-refractivity contribution >= 4 is 23.4 Å². The van der Waals surface area contributed by atoms with Crippen molar-refractivity contribution in [3.63, 3.8) is 0 Å². The van der Waals surface area contributed by atoms with Crippen LogP contribution in [0.5, 0.6) is 11.5 Å². The molecule has 0 atom stereocenters. The van der Waals surface area contributed by atoms with E-state index in [-0.39, 0.29) is 17.9 Å². The molecule has 0 unspecified atom stereocenters. The molecule has 2 N–H and O–H groups in total. The Morgan fingerprint density at radius 1 is 1.14 bits per heavy atom. The van der Waals surface area contributed by atoms with E-state index >= 15 is 0 Å². The van der Waals surface area contributed by atoms with Crippen molar-refractivity contribution in [1.82, 2.24) is 9.97 Å². The molecule has 0 radical (unpaired) electrons. The van der Waals surface area contributed by atoms with E-state index in [1.807, 2.05) is 0 Å². The third kappa shape index (κ3) is 5.53. The van der Waals surface area contributed by atoms with E-state index in [1.54, 1.807) is 24.3 Å². The molecule has 5 nitrogen and oxygen atoms in total. The summed E-state index contributed by atoms with van der Waals surface area (Å²) in [6, 6.07) is 10.1. The number of hydrogen-bond donors (Lipinski definition) is 2. The molecule has 0 bridgehead atoms. The number of nitrogens with one attached hydrogen (secondary N) is 1. The third-order valence-electron chi connectivity index (χ3n) is 3.80. The molecular weight excluding hydrogens is 429 g/mol. The molecule has 0 fully saturated rings. The van der Waals surface area contributed by atoms with Crippen LogP contribution in [0.4, 0.5) is 13.2 Å². The molecule has 3 rings (SSSR count). The number of benzene rings is 2. The number of thioether (sulfide) groups is 1. The lowest BCUT2D eigenvalue weighted by Gasteiger charge is -2.12. The quantitative estimate of drug-likeness (QED) is 0.414. The number of ether oxygens (including phenoxy) is 1. The van der Waals surface area contributed by atoms with Gasteiger partial charge in [-0.05, 0) is 35.9 Å². The van der Waals surface area contributed by atoms with Crippen molar-refractivity contribution < 1.29 is 23.0 Å². The Morgan fingerprint density at radius 2 is 1.83 bits per heavy atom. The molecule has 0 saturated heterocycles. The van der Waals surface area contributed by atoms with Crippen LogP contribution in [-0.4, -0.2) is 15.1 Å². The second-order valence-corrected chi connectivity index (χ2v) is 7.24. The van der Waals surface area contributed by atoms with E-state index in [9.17, 15) is 18.0 Å². The Labute approximate surface area is 172 Å². The van der Waals surface area contributed by atoms with E-state index in [4.69, 9.17) is 21.4 Å². The van der Waals surface area contributed by atoms with Gasteiger partial charge >= 0.3 is 6.18 Å². The second-order valence-electron chi connectivity index (χ2n) is 5.87. The first-order valence-corrected chi connectivity index (χ1v) is 9.58. The summed E-state index contributed by atoms with van der Waals surface area (Å²) in [5.74, 6) is 0.892. The number of alkyl halides is 3. The maximum absolute atomic E-state index is 12.9. The first-order valence-electron chi connectivity index (χ1n) is 8.22. The molecule has 0 aliphatic rings. The van der Waals surface area contributed by atoms with E-state index < -0.39 is 22.3 Å². The molecule has 152 valence electrons. The fraction of sp³-hybridized carbons (Fsp3) is 0.158. The van der Waals surface area contributed by atoms with Gasteiger partial charge in [0.15, 0.2) is 5.16 Å². The van der Waals surface area contributed by atoms with Gasteiger partial charge in [0.05, 0.1) is 22.8 Å². The molecule has 0 aliphatic carbocycles. The van der Waals surface area contributed by atoms with E-state index in [0.29, 0.717) is 16.7 Å². The van der Waals surface area contributed by atoms with Gasteiger partial charge in [-0.3, -0.25) is 4.79 Å². The number of aliphatic hydroxyl groups excluding tert-OH is 1. The average Bonchev–Trinajstić information content (AvgIpc) is 2.68. The third-order valence-corrected chi connectivity index (χ3v) is 5.09. The van der Waals surface area contributed by atoms with Gasteiger partial charge in [-0.1, -0.05) is 35.5 Å². The van der Waals surface area contributed by atoms with Gasteiger partial charge in [-0.2, -0.15) is 18.2 Å². The molecular formula is C19H14ClF3N2O3S. The maximum atomic E-state index is 12.9. The number of aromatic amines is 1. The second kappa shape index (κ2) is 8.89. The number of aliphatic hydroxyl groups is 1. The van der Waals surface area contributed by atoms with Crippen molar-refractivity contribution in [2.45, 2.75) is 23.7 Å². The van der Waals surface area contributed by atoms with Crippen LogP contribution in [0.25, 0.3) is 0 Å². The van der Waals surface area contributed by atoms with Crippen LogP contribution in [0.2, 0.25) is 5.02 Å². The molecule has 0 saturated carbocycles. The SMILES string of the molecule is O=c1nc(SCc2ccc(Oc3ccc(Cl)c(C(F)(F)F)c3)cc2)[nH]cc1CO. The number of hydrogen-bond acceptors (Lipinski definition) is 5. The van der Waals surface area contributed by atoms with E-state index in [1.165, 1.54) is 24.0 Å². The molecule has 10 heteroatoms. The highest BCUT2D eigenvalue weighted by atomic mass is 35.5. The van der Waals surface area contributed by atoms with Crippen molar-refractivity contribution in [1.29, 1.82) is 0 Å². The largest absolute Gasteiger partial charge is 0.457 e. The summed E-state index contributed by atoms with van der Waals surface area (Å²) in [5, 5.41) is 8.99. The predicted octanol–water partition coefficient (Wildman–Crippen LogP) is 5.02. The van der Waals surface area contributed by atoms with Crippen LogP contribution >= 0.6 is 23.4 Å². The molecule has 0 aliphatic heterocycles. The fourth-order valence-electron chi connectivity index (χ4n) is 2.32. The van der Waals surface area contributed by atoms with Gasteiger partial charge in [-0.15, -0.1) is 0 Å². The number of rotatable bonds is 6. The molecule has 0 amide bonds. The lowest BCUT2D eigenvalue weighted by Crippen LogP contribution is -2.14. The standard InChI is InChI=1S/C19H14ClF3N2O3S/c20-16-6-5-14(7-15(16)19(21,22)23)28-13-3-1-11(2-4-13)10-29-18-24-8-12(9-26)17(27)25-18/h1-8,26H,9-10H2,(H,24,25,27). The van der Waals surface area contributed by atoms with Crippen molar-refractivity contribution in [2.24, 2.45) is 0 Å². The summed E-state index contributed by atoms with van der Waals surface area (Å²) in [7, 11) is 0. The predicted molar refractivity (Wildman–Crippen MR) is 103 cm³/mol. The zero-order valence-corrected chi connectivity index (χ0v) is 16.2. The Morgan fingerprint density at radius 3 is 2.45 bits per heavy atom. The number of halogens is 4. The highest BCUT2D eigenvalue weighted by Crippen LogP contribution is 2.37. The maximum Gasteiger partial charge on any atom is 0.417 e. The topological polar surface area (TPSA) is 75.2 Å². The van der Waals surface area contributed by atoms with Gasteiger partial charge < -0.3 is 14.8 Å². The summed E-state index contributed by atoms with van der Waals surface area (Å²) < 4.78 is 44.3. The minimum Gasteiger partial charge on any atom is -0.457 e. The monoisotopic (exact) mass is 442 g/mol. The minimum atomic E-state index is -4.57. The Hall–Kier alpha value is -2.49. The zero-order valence-electron chi connectivity index (χ0n) is 14.7. The number of nitrogens with zero attached hydrogens (tertiary/aromatic N) is 1. The Kier molecular flexibility index (Phi) is 6.51. The van der Waals surface area contributed by atoms with Crippen LogP contribution in [0, 0.1) is 0 Å². The van der Waals surface area contributed by atoms with Crippen LogP contribution in [0.1, 0.15) is 16.7 Å². The van der Waals surface area contributed by atoms with Gasteiger partial charge in [0.1, 0.15) is 11.5 Å². The van der Waals surface area contributed by atoms with Gasteiger partial charge in [0, 0.05) is 11.9 Å². The van der Waals surface area contributed by atoms with Crippen molar-refractivity contribution in [3.05, 3.63) is 80.7 Å². The first kappa shape index (κ1) is 21.2. The fourth-order valence-corrected chi connectivity index (χ4v) is 3.33. The first-order chi connectivity index (χ1) is 13.8. The van der Waals surface area contributed by atoms with Gasteiger partial charge in [-0.25, -0.2) is 0 Å². The molecule has 2 aromatic carbocycles. The summed E-state index contributed by atoms with van der Waals surface area (Å²) in [4.78, 5) is 18.3. The van der Waals surface area contributed by atoms with Crippen molar-refractivity contribution in [2.75, 3.05) is 0 Å². The van der Waals surface area contributed by atoms with Crippen LogP contribution in [0.15, 0.2) is 58.6 Å². The smallest absolute Gasteiger partial charge is 0.417 e. The van der Waals surface area contributed by atoms with Crippen LogP contribution < -0.4 is 10.3 Å². The molecule has 1 aromatic heterocycles. The average molecular weight is 443 g/mol. The zero-order chi connectivity index (χ0) is 21.0. The highest BCUT2D eigenvalue weighted by Gasteiger charge is 2.33. The molecule has 29 heavy (non-hydrogen) atoms. The normalized spacial score (nSPS) is 11.5. The van der Waals surface area contributed by atoms with Crippen molar-refractivity contribution in [3.8, 4) is 11.5 Å². The highest BCUT2D eigenvalue weighted by molar-refractivity contribution is 7.98. The van der Waals surface area contributed by atoms with Crippen LogP contribution in [0.3, 0.4) is 0 Å². The molecule has 3 aromatic rings. The summed E-state index contributed by atoms with van der Waals surface area (Å²) in [6.45, 7) is -0.382. The minimum absolute atomic E-state index is 0.0228. The van der Waals surface area contributed by atoms with E-state index in [2.05, 4.69) is 9.97 Å². The summed E-state index contributed by atoms with van der Waals surface area (Å²) >= 11 is 6.89. The molecule has 1 heterocycles. The number of H-pyrrole nitrogens is 1. The Bertz CT molecular complexity index is 1060. The van der Waals surface area contributed by atoms with E-state index in [0.717, 1.165) is 17.7 Å². The Balaban J connectivity index is 1.65. The number of aromatic nitrogens is 2. The van der Waals surface area contributed by atoms with Gasteiger partial charge in [0.25, 0.3) is 5.56 Å².